The van der Waals surface area contributed by atoms with Crippen molar-refractivity contribution in [2.75, 3.05) is 38.2 Å². The molecular weight excluding hydrogens is 394 g/mol. The quantitative estimate of drug-likeness (QED) is 0.709. The summed E-state index contributed by atoms with van der Waals surface area (Å²) in [5, 5.41) is 9.06. The highest BCUT2D eigenvalue weighted by molar-refractivity contribution is 7.10. The molecule has 1 saturated heterocycles. The van der Waals surface area contributed by atoms with Crippen LogP contribution in [0.25, 0.3) is 0 Å². The Kier molecular flexibility index (Phi) is 7.48. The van der Waals surface area contributed by atoms with Crippen molar-refractivity contribution in [3.05, 3.63) is 50.7 Å². The summed E-state index contributed by atoms with van der Waals surface area (Å²) in [6, 6.07) is 8.03. The predicted octanol–water partition coefficient (Wildman–Crippen LogP) is 4.01. The number of nitrogens with one attached hydrogen (secondary N) is 2. The van der Waals surface area contributed by atoms with Crippen LogP contribution in [-0.4, -0.2) is 49.7 Å². The fraction of sp³-hybridized carbons (Fsp3) is 0.476. The highest BCUT2D eigenvalue weighted by atomic mass is 35.5. The van der Waals surface area contributed by atoms with Crippen LogP contribution in [0.3, 0.4) is 0 Å². The van der Waals surface area contributed by atoms with Crippen molar-refractivity contribution in [2.24, 2.45) is 0 Å². The van der Waals surface area contributed by atoms with Gasteiger partial charge in [-0.1, -0.05) is 23.7 Å². The zero-order chi connectivity index (χ0) is 20.1. The molecule has 0 radical (unpaired) electrons. The lowest BCUT2D eigenvalue weighted by Crippen LogP contribution is -2.46. The van der Waals surface area contributed by atoms with Crippen molar-refractivity contribution in [2.45, 2.75) is 32.9 Å². The van der Waals surface area contributed by atoms with Crippen LogP contribution in [0.1, 0.15) is 29.0 Å². The number of morpholine rings is 1. The number of hydrogen-bond acceptors (Lipinski definition) is 5. The van der Waals surface area contributed by atoms with E-state index in [0.717, 1.165) is 37.4 Å². The highest BCUT2D eigenvalue weighted by Crippen LogP contribution is 2.28. The van der Waals surface area contributed by atoms with Gasteiger partial charge in [0.05, 0.1) is 36.0 Å². The monoisotopic (exact) mass is 421 g/mol. The summed E-state index contributed by atoms with van der Waals surface area (Å²) in [6.07, 6.45) is 0. The number of rotatable bonds is 7. The second-order valence-corrected chi connectivity index (χ2v) is 8.62. The molecule has 1 aromatic carbocycles. The Bertz CT molecular complexity index is 768. The molecule has 2 aromatic rings. The Morgan fingerprint density at radius 2 is 2.07 bits per heavy atom. The number of anilines is 1. The molecule has 5 nitrogen and oxygen atoms in total. The first-order chi connectivity index (χ1) is 13.5. The third-order valence-electron chi connectivity index (χ3n) is 5.05. The molecule has 1 aromatic heterocycles. The first-order valence-corrected chi connectivity index (χ1v) is 10.9. The summed E-state index contributed by atoms with van der Waals surface area (Å²) in [5.41, 5.74) is 2.74. The average molecular weight is 422 g/mol. The molecule has 1 fully saturated rings. The van der Waals surface area contributed by atoms with Gasteiger partial charge in [-0.2, -0.15) is 0 Å². The van der Waals surface area contributed by atoms with Gasteiger partial charge < -0.3 is 15.4 Å². The fourth-order valence-electron chi connectivity index (χ4n) is 3.47. The van der Waals surface area contributed by atoms with Gasteiger partial charge in [0.15, 0.2) is 0 Å². The van der Waals surface area contributed by atoms with Gasteiger partial charge >= 0.3 is 0 Å². The molecule has 7 heteroatoms. The van der Waals surface area contributed by atoms with Gasteiger partial charge in [-0.05, 0) is 49.4 Å². The van der Waals surface area contributed by atoms with E-state index in [1.807, 2.05) is 32.9 Å². The lowest BCUT2D eigenvalue weighted by molar-refractivity contribution is -0.117. The Labute approximate surface area is 176 Å². The summed E-state index contributed by atoms with van der Waals surface area (Å²) in [7, 11) is 0. The zero-order valence-corrected chi connectivity index (χ0v) is 18.2. The summed E-state index contributed by atoms with van der Waals surface area (Å²) >= 11 is 8.08. The van der Waals surface area contributed by atoms with E-state index in [4.69, 9.17) is 16.3 Å². The van der Waals surface area contributed by atoms with Crippen molar-refractivity contribution < 1.29 is 9.53 Å². The molecule has 1 aliphatic rings. The van der Waals surface area contributed by atoms with Crippen LogP contribution >= 0.6 is 22.9 Å². The molecule has 1 amide bonds. The number of amides is 1. The molecule has 1 aliphatic heterocycles. The Balaban J connectivity index is 1.62. The van der Waals surface area contributed by atoms with Crippen molar-refractivity contribution in [1.29, 1.82) is 0 Å². The van der Waals surface area contributed by atoms with Gasteiger partial charge in [0, 0.05) is 24.5 Å². The molecule has 0 saturated carbocycles. The summed E-state index contributed by atoms with van der Waals surface area (Å²) in [5.74, 6) is -0.0826. The van der Waals surface area contributed by atoms with Gasteiger partial charge in [0.25, 0.3) is 0 Å². The van der Waals surface area contributed by atoms with E-state index in [0.29, 0.717) is 17.3 Å². The lowest BCUT2D eigenvalue weighted by Gasteiger charge is -2.34. The van der Waals surface area contributed by atoms with E-state index in [1.165, 1.54) is 4.88 Å². The van der Waals surface area contributed by atoms with Crippen LogP contribution in [-0.2, 0) is 9.53 Å². The summed E-state index contributed by atoms with van der Waals surface area (Å²) in [6.45, 7) is 9.86. The maximum absolute atomic E-state index is 12.7. The normalized spacial score (nSPS) is 17.3. The highest BCUT2D eigenvalue weighted by Gasteiger charge is 2.25. The zero-order valence-electron chi connectivity index (χ0n) is 16.6. The number of nitrogens with zero attached hydrogens (tertiary/aromatic N) is 1. The number of benzene rings is 1. The van der Waals surface area contributed by atoms with Gasteiger partial charge in [0.1, 0.15) is 0 Å². The number of ether oxygens (including phenoxy) is 1. The second kappa shape index (κ2) is 9.85. The van der Waals surface area contributed by atoms with E-state index in [1.54, 1.807) is 11.3 Å². The topological polar surface area (TPSA) is 53.6 Å². The van der Waals surface area contributed by atoms with Gasteiger partial charge in [-0.3, -0.25) is 9.69 Å². The molecule has 0 spiro atoms. The van der Waals surface area contributed by atoms with E-state index in [9.17, 15) is 4.79 Å². The minimum Gasteiger partial charge on any atom is -0.379 e. The average Bonchev–Trinajstić information content (AvgIpc) is 3.19. The number of aryl methyl sites for hydroxylation is 2. The predicted molar refractivity (Wildman–Crippen MR) is 116 cm³/mol. The molecule has 3 rings (SSSR count). The number of carbonyl (C=O) groups excluding carboxylic acids is 1. The number of halogens is 1. The van der Waals surface area contributed by atoms with Crippen LogP contribution in [0, 0.1) is 13.8 Å². The first kappa shape index (κ1) is 21.3. The lowest BCUT2D eigenvalue weighted by atomic mass is 10.1. The summed E-state index contributed by atoms with van der Waals surface area (Å²) in [4.78, 5) is 16.4. The van der Waals surface area contributed by atoms with Crippen LogP contribution < -0.4 is 10.6 Å². The third kappa shape index (κ3) is 5.33. The summed E-state index contributed by atoms with van der Waals surface area (Å²) < 4.78 is 5.49. The van der Waals surface area contributed by atoms with Crippen LogP contribution in [0.15, 0.2) is 29.6 Å². The number of carbonyl (C=O) groups is 1. The molecule has 152 valence electrons. The largest absolute Gasteiger partial charge is 0.379 e. The molecule has 2 N–H and O–H groups in total. The van der Waals surface area contributed by atoms with Gasteiger partial charge in [-0.25, -0.2) is 0 Å². The van der Waals surface area contributed by atoms with Crippen molar-refractivity contribution in [1.82, 2.24) is 10.2 Å². The molecule has 0 bridgehead atoms. The molecule has 2 heterocycles. The van der Waals surface area contributed by atoms with E-state index < -0.39 is 0 Å². The van der Waals surface area contributed by atoms with Crippen molar-refractivity contribution in [3.63, 3.8) is 0 Å². The van der Waals surface area contributed by atoms with Crippen LogP contribution in [0.4, 0.5) is 5.69 Å². The van der Waals surface area contributed by atoms with Crippen LogP contribution in [0.2, 0.25) is 5.02 Å². The first-order valence-electron chi connectivity index (χ1n) is 9.62. The van der Waals surface area contributed by atoms with E-state index in [-0.39, 0.29) is 18.0 Å². The van der Waals surface area contributed by atoms with Crippen LogP contribution in [0.5, 0.6) is 0 Å². The van der Waals surface area contributed by atoms with Gasteiger partial charge in [0.2, 0.25) is 5.91 Å². The van der Waals surface area contributed by atoms with E-state index in [2.05, 4.69) is 33.0 Å². The minimum atomic E-state index is -0.333. The smallest absolute Gasteiger partial charge is 0.241 e. The Hall–Kier alpha value is -1.44. The van der Waals surface area contributed by atoms with Crippen molar-refractivity contribution in [3.8, 4) is 0 Å². The molecule has 28 heavy (non-hydrogen) atoms. The molecule has 0 aliphatic carbocycles. The number of thiophene rings is 1. The van der Waals surface area contributed by atoms with Crippen molar-refractivity contribution >= 4 is 34.5 Å². The maximum atomic E-state index is 12.7. The molecule has 2 unspecified atom stereocenters. The minimum absolute atomic E-state index is 0.0826. The maximum Gasteiger partial charge on any atom is 0.241 e. The molecule has 2 atom stereocenters. The third-order valence-corrected chi connectivity index (χ3v) is 6.32. The standard InChI is InChI=1S/C21H28ClN3O2S/c1-14-11-15(2)20(17(22)12-14)24-21(26)16(3)23-13-18(19-5-4-10-28-19)25-6-8-27-9-7-25/h4-5,10-12,16,18,23H,6-9,13H2,1-3H3,(H,24,26). The Morgan fingerprint density at radius 1 is 1.32 bits per heavy atom. The second-order valence-electron chi connectivity index (χ2n) is 7.24. The Morgan fingerprint density at radius 3 is 2.71 bits per heavy atom. The molecular formula is C21H28ClN3O2S. The van der Waals surface area contributed by atoms with E-state index >= 15 is 0 Å². The fourth-order valence-corrected chi connectivity index (χ4v) is 4.70. The van der Waals surface area contributed by atoms with Gasteiger partial charge in [-0.15, -0.1) is 11.3 Å². The SMILES string of the molecule is Cc1cc(C)c(NC(=O)C(C)NCC(c2cccs2)N2CCOCC2)c(Cl)c1. The number of hydrogen-bond donors (Lipinski definition) is 2.